The van der Waals surface area contributed by atoms with Crippen LogP contribution in [0.2, 0.25) is 0 Å². The van der Waals surface area contributed by atoms with Gasteiger partial charge in [0.15, 0.2) is 17.3 Å². The van der Waals surface area contributed by atoms with E-state index in [1.807, 2.05) is 0 Å². The second-order valence-electron chi connectivity index (χ2n) is 6.68. The van der Waals surface area contributed by atoms with Crippen molar-refractivity contribution in [1.29, 1.82) is 0 Å². The number of fused-ring (bicyclic) bond motifs is 1. The minimum Gasteiger partial charge on any atom is -0.421 e. The van der Waals surface area contributed by atoms with Crippen molar-refractivity contribution in [3.8, 4) is 11.8 Å². The van der Waals surface area contributed by atoms with Gasteiger partial charge in [-0.3, -0.25) is 4.79 Å². The number of ether oxygens (including phenoxy) is 1. The number of halogens is 1. The molecule has 1 aliphatic carbocycles. The summed E-state index contributed by atoms with van der Waals surface area (Å²) in [5, 5.41) is 6.76. The summed E-state index contributed by atoms with van der Waals surface area (Å²) in [6.07, 6.45) is 3.64. The number of amides is 1. The number of nitrogens with zero attached hydrogens (tertiary/aromatic N) is 3. The zero-order chi connectivity index (χ0) is 19.7. The van der Waals surface area contributed by atoms with Crippen molar-refractivity contribution in [1.82, 2.24) is 15.1 Å². The highest BCUT2D eigenvalue weighted by Gasteiger charge is 2.25. The first-order valence-electron chi connectivity index (χ1n) is 9.09. The van der Waals surface area contributed by atoms with E-state index in [0.717, 1.165) is 37.0 Å². The maximum Gasteiger partial charge on any atom is 0.322 e. The van der Waals surface area contributed by atoms with Gasteiger partial charge in [-0.2, -0.15) is 9.97 Å². The molecule has 1 amide bonds. The van der Waals surface area contributed by atoms with Crippen molar-refractivity contribution in [3.63, 3.8) is 0 Å². The van der Waals surface area contributed by atoms with Crippen LogP contribution in [-0.4, -0.2) is 21.0 Å². The van der Waals surface area contributed by atoms with Crippen molar-refractivity contribution < 1.29 is 18.4 Å². The molecule has 0 saturated heterocycles. The molecule has 8 heteroatoms. The molecule has 2 aromatic heterocycles. The molecule has 144 valence electrons. The molecule has 0 bridgehead atoms. The van der Waals surface area contributed by atoms with E-state index in [1.54, 1.807) is 26.0 Å². The minimum absolute atomic E-state index is 0.0110. The fraction of sp³-hybridized carbons (Fsp3) is 0.300. The molecule has 0 saturated carbocycles. The van der Waals surface area contributed by atoms with Gasteiger partial charge >= 0.3 is 6.01 Å². The van der Waals surface area contributed by atoms with Gasteiger partial charge in [0, 0.05) is 12.0 Å². The lowest BCUT2D eigenvalue weighted by Gasteiger charge is -2.13. The Balaban J connectivity index is 1.56. The van der Waals surface area contributed by atoms with Gasteiger partial charge in [-0.1, -0.05) is 17.3 Å². The van der Waals surface area contributed by atoms with Crippen LogP contribution in [0.1, 0.15) is 46.0 Å². The van der Waals surface area contributed by atoms with Crippen LogP contribution in [-0.2, 0) is 12.8 Å². The van der Waals surface area contributed by atoms with Crippen LogP contribution < -0.4 is 10.1 Å². The summed E-state index contributed by atoms with van der Waals surface area (Å²) in [6, 6.07) is 6.03. The molecule has 1 N–H and O–H groups in total. The zero-order valence-corrected chi connectivity index (χ0v) is 15.6. The number of aryl methyl sites for hydroxylation is 3. The molecule has 4 rings (SSSR count). The van der Waals surface area contributed by atoms with Crippen LogP contribution in [0.15, 0.2) is 28.8 Å². The number of carbonyl (C=O) groups is 1. The SMILES string of the molecule is Cc1nc(Oc2ccccc2F)nc(C)c1NC(=O)c1noc2c1CCCC2. The molecule has 0 atom stereocenters. The van der Waals surface area contributed by atoms with E-state index in [2.05, 4.69) is 20.4 Å². The van der Waals surface area contributed by atoms with E-state index >= 15 is 0 Å². The number of hydrogen-bond donors (Lipinski definition) is 1. The Labute approximate surface area is 160 Å². The smallest absolute Gasteiger partial charge is 0.322 e. The molecular weight excluding hydrogens is 363 g/mol. The molecule has 3 aromatic rings. The second-order valence-corrected chi connectivity index (χ2v) is 6.68. The van der Waals surface area contributed by atoms with Crippen LogP contribution in [0, 0.1) is 19.7 Å². The van der Waals surface area contributed by atoms with Gasteiger partial charge in [-0.15, -0.1) is 0 Å². The van der Waals surface area contributed by atoms with E-state index in [9.17, 15) is 9.18 Å². The maximum absolute atomic E-state index is 13.8. The first-order chi connectivity index (χ1) is 13.5. The number of para-hydroxylation sites is 1. The van der Waals surface area contributed by atoms with Gasteiger partial charge < -0.3 is 14.6 Å². The molecule has 1 aromatic carbocycles. The number of aromatic nitrogens is 3. The van der Waals surface area contributed by atoms with E-state index in [-0.39, 0.29) is 17.7 Å². The summed E-state index contributed by atoms with van der Waals surface area (Å²) in [5.74, 6) is -0.0406. The van der Waals surface area contributed by atoms with Gasteiger partial charge in [0.05, 0.1) is 17.1 Å². The van der Waals surface area contributed by atoms with Crippen LogP contribution in [0.3, 0.4) is 0 Å². The van der Waals surface area contributed by atoms with Crippen molar-refractivity contribution in [3.05, 3.63) is 58.5 Å². The van der Waals surface area contributed by atoms with Crippen molar-refractivity contribution in [2.75, 3.05) is 5.32 Å². The summed E-state index contributed by atoms with van der Waals surface area (Å²) in [6.45, 7) is 3.44. The monoisotopic (exact) mass is 382 g/mol. The molecule has 28 heavy (non-hydrogen) atoms. The average Bonchev–Trinajstić information content (AvgIpc) is 3.11. The molecule has 0 spiro atoms. The number of hydrogen-bond acceptors (Lipinski definition) is 6. The molecule has 2 heterocycles. The predicted molar refractivity (Wildman–Crippen MR) is 99.1 cm³/mol. The number of nitrogens with one attached hydrogen (secondary N) is 1. The van der Waals surface area contributed by atoms with Crippen molar-refractivity contribution in [2.45, 2.75) is 39.5 Å². The van der Waals surface area contributed by atoms with Crippen LogP contribution >= 0.6 is 0 Å². The molecule has 0 aliphatic heterocycles. The van der Waals surface area contributed by atoms with Crippen molar-refractivity contribution >= 4 is 11.6 Å². The van der Waals surface area contributed by atoms with E-state index in [0.29, 0.717) is 22.8 Å². The number of rotatable bonds is 4. The lowest BCUT2D eigenvalue weighted by atomic mass is 9.96. The van der Waals surface area contributed by atoms with Crippen LogP contribution in [0.4, 0.5) is 10.1 Å². The zero-order valence-electron chi connectivity index (χ0n) is 15.6. The topological polar surface area (TPSA) is 90.1 Å². The van der Waals surface area contributed by atoms with Gasteiger partial charge in [0.1, 0.15) is 5.76 Å². The lowest BCUT2D eigenvalue weighted by molar-refractivity contribution is 0.101. The Morgan fingerprint density at radius 1 is 1.14 bits per heavy atom. The summed E-state index contributed by atoms with van der Waals surface area (Å²) in [4.78, 5) is 21.2. The number of carbonyl (C=O) groups excluding carboxylic acids is 1. The first-order valence-corrected chi connectivity index (χ1v) is 9.09. The Kier molecular flexibility index (Phi) is 4.77. The first kappa shape index (κ1) is 18.1. The quantitative estimate of drug-likeness (QED) is 0.729. The molecule has 0 fully saturated rings. The van der Waals surface area contributed by atoms with E-state index in [1.165, 1.54) is 12.1 Å². The minimum atomic E-state index is -0.505. The summed E-state index contributed by atoms with van der Waals surface area (Å²) in [5.41, 5.74) is 2.66. The lowest BCUT2D eigenvalue weighted by Crippen LogP contribution is -2.18. The third kappa shape index (κ3) is 3.45. The Hall–Kier alpha value is -3.29. The van der Waals surface area contributed by atoms with E-state index in [4.69, 9.17) is 9.26 Å². The fourth-order valence-electron chi connectivity index (χ4n) is 3.27. The third-order valence-corrected chi connectivity index (χ3v) is 4.69. The second kappa shape index (κ2) is 7.38. The normalized spacial score (nSPS) is 13.1. The van der Waals surface area contributed by atoms with Gasteiger partial charge in [-0.05, 0) is 45.2 Å². The van der Waals surface area contributed by atoms with Crippen LogP contribution in [0.5, 0.6) is 11.8 Å². The Bertz CT molecular complexity index is 1020. The third-order valence-electron chi connectivity index (χ3n) is 4.69. The fourth-order valence-corrected chi connectivity index (χ4v) is 3.27. The predicted octanol–water partition coefficient (Wildman–Crippen LogP) is 4.14. The molecule has 1 aliphatic rings. The van der Waals surface area contributed by atoms with Crippen molar-refractivity contribution in [2.24, 2.45) is 0 Å². The molecule has 0 radical (unpaired) electrons. The summed E-state index contributed by atoms with van der Waals surface area (Å²) in [7, 11) is 0. The highest BCUT2D eigenvalue weighted by molar-refractivity contribution is 6.04. The highest BCUT2D eigenvalue weighted by Crippen LogP contribution is 2.27. The summed E-state index contributed by atoms with van der Waals surface area (Å²) >= 11 is 0. The molecule has 7 nitrogen and oxygen atoms in total. The van der Waals surface area contributed by atoms with Gasteiger partial charge in [0.2, 0.25) is 0 Å². The molecular formula is C20H19FN4O3. The van der Waals surface area contributed by atoms with Crippen LogP contribution in [0.25, 0.3) is 0 Å². The average molecular weight is 382 g/mol. The number of benzene rings is 1. The standard InChI is InChI=1S/C20H19FN4O3/c1-11-17(24-19(26)18-13-7-3-5-9-15(13)28-25-18)12(2)23-20(22-11)27-16-10-6-4-8-14(16)21/h4,6,8,10H,3,5,7,9H2,1-2H3,(H,24,26). The van der Waals surface area contributed by atoms with Gasteiger partial charge in [0.25, 0.3) is 5.91 Å². The Morgan fingerprint density at radius 3 is 2.61 bits per heavy atom. The number of anilines is 1. The van der Waals surface area contributed by atoms with Gasteiger partial charge in [-0.25, -0.2) is 4.39 Å². The highest BCUT2D eigenvalue weighted by atomic mass is 19.1. The molecule has 0 unspecified atom stereocenters. The Morgan fingerprint density at radius 2 is 1.86 bits per heavy atom. The maximum atomic E-state index is 13.8. The summed E-state index contributed by atoms with van der Waals surface area (Å²) < 4.78 is 24.5. The largest absolute Gasteiger partial charge is 0.421 e. The van der Waals surface area contributed by atoms with E-state index < -0.39 is 5.82 Å².